The molecule has 7 nitrogen and oxygen atoms in total. The van der Waals surface area contributed by atoms with Gasteiger partial charge in [-0.3, -0.25) is 19.9 Å². The molecular formula is C26H35N5O2. The van der Waals surface area contributed by atoms with Crippen LogP contribution in [0.15, 0.2) is 47.5 Å². The number of carbonyl (C=O) groups is 2. The molecule has 1 heterocycles. The zero-order chi connectivity index (χ0) is 23.8. The largest absolute Gasteiger partial charge is 0.356 e. The number of nitrogens with zero attached hydrogens (tertiary/aromatic N) is 1. The highest BCUT2D eigenvalue weighted by molar-refractivity contribution is 6.06. The van der Waals surface area contributed by atoms with Crippen molar-refractivity contribution < 1.29 is 9.59 Å². The van der Waals surface area contributed by atoms with Gasteiger partial charge in [0.25, 0.3) is 11.8 Å². The summed E-state index contributed by atoms with van der Waals surface area (Å²) in [5.74, 6) is 1.02. The number of carbonyl (C=O) groups excluding carboxylic acids is 2. The lowest BCUT2D eigenvalue weighted by molar-refractivity contribution is 0.0949. The van der Waals surface area contributed by atoms with Gasteiger partial charge in [-0.2, -0.15) is 0 Å². The van der Waals surface area contributed by atoms with Crippen LogP contribution in [0.1, 0.15) is 72.7 Å². The maximum absolute atomic E-state index is 12.7. The second-order valence-corrected chi connectivity index (χ2v) is 9.07. The highest BCUT2D eigenvalue weighted by Gasteiger charge is 2.15. The first kappa shape index (κ1) is 24.3. The van der Waals surface area contributed by atoms with E-state index in [1.165, 1.54) is 0 Å². The monoisotopic (exact) mass is 449 g/mol. The van der Waals surface area contributed by atoms with Crippen molar-refractivity contribution in [3.05, 3.63) is 59.2 Å². The molecule has 0 saturated carbocycles. The Kier molecular flexibility index (Phi) is 8.46. The third kappa shape index (κ3) is 7.07. The topological polar surface area (TPSA) is 94.6 Å². The van der Waals surface area contributed by atoms with Crippen LogP contribution in [0.4, 0.5) is 11.4 Å². The lowest BCUT2D eigenvalue weighted by Crippen LogP contribution is -2.43. The number of benzene rings is 2. The molecule has 0 saturated heterocycles. The molecule has 0 unspecified atom stereocenters. The molecule has 1 aliphatic rings. The highest BCUT2D eigenvalue weighted by atomic mass is 16.2. The summed E-state index contributed by atoms with van der Waals surface area (Å²) in [6, 6.07) is 13.1. The van der Waals surface area contributed by atoms with Gasteiger partial charge in [0, 0.05) is 42.1 Å². The molecule has 1 aliphatic heterocycles. The predicted octanol–water partition coefficient (Wildman–Crippen LogP) is 4.41. The Morgan fingerprint density at radius 1 is 1.03 bits per heavy atom. The van der Waals surface area contributed by atoms with Crippen molar-refractivity contribution in [2.24, 2.45) is 10.9 Å². The molecule has 33 heavy (non-hydrogen) atoms. The molecule has 3 rings (SSSR count). The Balaban J connectivity index is 1.73. The number of anilines is 2. The number of aliphatic imine (C=N–C) groups is 1. The van der Waals surface area contributed by atoms with E-state index in [9.17, 15) is 9.59 Å². The molecule has 7 heteroatoms. The molecule has 0 radical (unpaired) electrons. The molecule has 4 N–H and O–H groups in total. The summed E-state index contributed by atoms with van der Waals surface area (Å²) in [6.45, 7) is 10.7. The van der Waals surface area contributed by atoms with Crippen molar-refractivity contribution in [2.75, 3.05) is 25.0 Å². The Labute approximate surface area is 196 Å². The van der Waals surface area contributed by atoms with Crippen LogP contribution in [0.25, 0.3) is 0 Å². The van der Waals surface area contributed by atoms with Crippen molar-refractivity contribution in [1.82, 2.24) is 16.0 Å². The maximum atomic E-state index is 12.7. The van der Waals surface area contributed by atoms with E-state index in [1.807, 2.05) is 36.4 Å². The zero-order valence-electron chi connectivity index (χ0n) is 20.0. The number of hydrogen-bond acceptors (Lipinski definition) is 5. The summed E-state index contributed by atoms with van der Waals surface area (Å²) >= 11 is 0. The average Bonchev–Trinajstić information content (AvgIpc) is 2.79. The van der Waals surface area contributed by atoms with Crippen LogP contribution >= 0.6 is 0 Å². The fourth-order valence-corrected chi connectivity index (χ4v) is 3.56. The van der Waals surface area contributed by atoms with Gasteiger partial charge in [0.15, 0.2) is 5.96 Å². The molecular weight excluding hydrogens is 414 g/mol. The van der Waals surface area contributed by atoms with E-state index >= 15 is 0 Å². The van der Waals surface area contributed by atoms with Crippen LogP contribution in [0, 0.1) is 5.92 Å². The van der Waals surface area contributed by atoms with Crippen molar-refractivity contribution >= 4 is 29.1 Å². The van der Waals surface area contributed by atoms with Gasteiger partial charge in [0.2, 0.25) is 0 Å². The highest BCUT2D eigenvalue weighted by Crippen LogP contribution is 2.28. The lowest BCUT2D eigenvalue weighted by Gasteiger charge is -2.18. The molecule has 2 aromatic carbocycles. The van der Waals surface area contributed by atoms with Gasteiger partial charge in [0.1, 0.15) is 0 Å². The first-order chi connectivity index (χ1) is 15.8. The summed E-state index contributed by atoms with van der Waals surface area (Å²) in [5.41, 5.74) is 3.95. The lowest BCUT2D eigenvalue weighted by atomic mass is 9.98. The fraction of sp³-hybridized carbons (Fsp3) is 0.423. The fourth-order valence-electron chi connectivity index (χ4n) is 3.56. The summed E-state index contributed by atoms with van der Waals surface area (Å²) in [4.78, 5) is 29.5. The van der Waals surface area contributed by atoms with Gasteiger partial charge < -0.3 is 16.0 Å². The summed E-state index contributed by atoms with van der Waals surface area (Å²) < 4.78 is 0. The maximum Gasteiger partial charge on any atom is 0.257 e. The predicted molar refractivity (Wildman–Crippen MR) is 134 cm³/mol. The number of amides is 2. The van der Waals surface area contributed by atoms with Gasteiger partial charge in [-0.15, -0.1) is 0 Å². The second-order valence-electron chi connectivity index (χ2n) is 9.07. The molecule has 0 bridgehead atoms. The number of nitrogens with one attached hydrogen (secondary N) is 4. The van der Waals surface area contributed by atoms with Crippen LogP contribution in [-0.2, 0) is 0 Å². The normalized spacial score (nSPS) is 13.3. The van der Waals surface area contributed by atoms with E-state index in [0.717, 1.165) is 42.9 Å². The zero-order valence-corrected chi connectivity index (χ0v) is 20.0. The number of hydrogen-bond donors (Lipinski definition) is 4. The molecule has 2 aromatic rings. The Hall–Kier alpha value is -3.35. The van der Waals surface area contributed by atoms with Crippen molar-refractivity contribution in [3.8, 4) is 0 Å². The summed E-state index contributed by atoms with van der Waals surface area (Å²) in [7, 11) is 0. The van der Waals surface area contributed by atoms with E-state index < -0.39 is 0 Å². The van der Waals surface area contributed by atoms with Crippen LogP contribution in [0.3, 0.4) is 0 Å². The number of rotatable bonds is 8. The first-order valence-electron chi connectivity index (χ1n) is 11.7. The van der Waals surface area contributed by atoms with E-state index in [4.69, 9.17) is 0 Å². The molecule has 0 aliphatic carbocycles. The Bertz CT molecular complexity index is 1010. The minimum atomic E-state index is -0.184. The Morgan fingerprint density at radius 3 is 2.52 bits per heavy atom. The standard InChI is InChI=1S/C26H35N5O2/c1-17(2)11-14-27-24(32)19-7-5-8-21(15-19)30-23-10-9-20(16-22(23)18(3)4)25(33)31-26-28-12-6-13-29-26/h5,7-10,15-18,30H,6,11-14H2,1-4H3,(H,27,32)(H2,28,29,31,33). The van der Waals surface area contributed by atoms with Gasteiger partial charge in [-0.05, 0) is 66.6 Å². The smallest absolute Gasteiger partial charge is 0.257 e. The average molecular weight is 450 g/mol. The number of guanidine groups is 1. The summed E-state index contributed by atoms with van der Waals surface area (Å²) in [5, 5.41) is 12.4. The molecule has 0 spiro atoms. The van der Waals surface area contributed by atoms with Gasteiger partial charge in [0.05, 0.1) is 0 Å². The van der Waals surface area contributed by atoms with Gasteiger partial charge >= 0.3 is 0 Å². The first-order valence-corrected chi connectivity index (χ1v) is 11.7. The third-order valence-electron chi connectivity index (χ3n) is 5.48. The minimum absolute atomic E-state index is 0.0744. The molecule has 2 amide bonds. The van der Waals surface area contributed by atoms with E-state index in [1.54, 1.807) is 6.07 Å². The van der Waals surface area contributed by atoms with E-state index in [-0.39, 0.29) is 17.7 Å². The van der Waals surface area contributed by atoms with Gasteiger partial charge in [-0.1, -0.05) is 33.8 Å². The molecule has 0 aromatic heterocycles. The van der Waals surface area contributed by atoms with Crippen LogP contribution < -0.4 is 21.3 Å². The third-order valence-corrected chi connectivity index (χ3v) is 5.48. The Morgan fingerprint density at radius 2 is 1.82 bits per heavy atom. The molecule has 176 valence electrons. The molecule has 0 fully saturated rings. The van der Waals surface area contributed by atoms with Crippen molar-refractivity contribution in [1.29, 1.82) is 0 Å². The van der Waals surface area contributed by atoms with Crippen LogP contribution in [-0.4, -0.2) is 37.4 Å². The van der Waals surface area contributed by atoms with Crippen LogP contribution in [0.5, 0.6) is 0 Å². The summed E-state index contributed by atoms with van der Waals surface area (Å²) in [6.07, 6.45) is 1.92. The quantitative estimate of drug-likeness (QED) is 0.480. The van der Waals surface area contributed by atoms with Crippen molar-refractivity contribution in [3.63, 3.8) is 0 Å². The minimum Gasteiger partial charge on any atom is -0.356 e. The van der Waals surface area contributed by atoms with Crippen molar-refractivity contribution in [2.45, 2.75) is 46.5 Å². The van der Waals surface area contributed by atoms with Crippen LogP contribution in [0.2, 0.25) is 0 Å². The molecule has 0 atom stereocenters. The van der Waals surface area contributed by atoms with E-state index in [0.29, 0.717) is 29.5 Å². The SMILES string of the molecule is CC(C)CCNC(=O)c1cccc(Nc2ccc(C(=O)NC3=NCCCN3)cc2C(C)C)c1. The van der Waals surface area contributed by atoms with Gasteiger partial charge in [-0.25, -0.2) is 0 Å². The second kappa shape index (κ2) is 11.5. The van der Waals surface area contributed by atoms with E-state index in [2.05, 4.69) is 54.0 Å².